The van der Waals surface area contributed by atoms with Crippen LogP contribution in [0.2, 0.25) is 0 Å². The first-order valence-corrected chi connectivity index (χ1v) is 9.91. The van der Waals surface area contributed by atoms with E-state index >= 15 is 0 Å². The van der Waals surface area contributed by atoms with Gasteiger partial charge < -0.3 is 25.0 Å². The van der Waals surface area contributed by atoms with Gasteiger partial charge in [-0.05, 0) is 36.2 Å². The van der Waals surface area contributed by atoms with Gasteiger partial charge in [-0.25, -0.2) is 0 Å². The van der Waals surface area contributed by atoms with Crippen LogP contribution in [-0.2, 0) is 6.54 Å². The summed E-state index contributed by atoms with van der Waals surface area (Å²) in [7, 11) is 1.82. The molecule has 0 saturated carbocycles. The minimum Gasteiger partial charge on any atom is -0.506 e. The van der Waals surface area contributed by atoms with Crippen LogP contribution in [-0.4, -0.2) is 55.8 Å². The third-order valence-corrected chi connectivity index (χ3v) is 4.84. The van der Waals surface area contributed by atoms with Crippen LogP contribution in [0.3, 0.4) is 0 Å². The van der Waals surface area contributed by atoms with Gasteiger partial charge in [-0.2, -0.15) is 0 Å². The third kappa shape index (κ3) is 6.42. The lowest BCUT2D eigenvalue weighted by atomic mass is 10.2. The third-order valence-electron chi connectivity index (χ3n) is 4.84. The fraction of sp³-hybridized carbons (Fsp3) is 0.409. The molecule has 1 aliphatic heterocycles. The number of aliphatic imine (C=N–C) groups is 1. The number of anilines is 1. The number of hydrogen-bond donors (Lipinski definition) is 2. The Morgan fingerprint density at radius 2 is 1.86 bits per heavy atom. The Kier molecular flexibility index (Phi) is 9.37. The largest absolute Gasteiger partial charge is 0.506 e. The predicted molar refractivity (Wildman–Crippen MR) is 130 cm³/mol. The Labute approximate surface area is 190 Å². The Morgan fingerprint density at radius 3 is 2.55 bits per heavy atom. The van der Waals surface area contributed by atoms with Gasteiger partial charge in [0, 0.05) is 39.8 Å². The second-order valence-electron chi connectivity index (χ2n) is 6.86. The minimum atomic E-state index is 0. The molecule has 1 saturated heterocycles. The highest BCUT2D eigenvalue weighted by Crippen LogP contribution is 2.27. The van der Waals surface area contributed by atoms with Crippen LogP contribution in [0, 0.1) is 0 Å². The monoisotopic (exact) mass is 510 g/mol. The molecule has 3 rings (SSSR count). The molecule has 1 fully saturated rings. The van der Waals surface area contributed by atoms with Gasteiger partial charge in [0.1, 0.15) is 11.5 Å². The molecule has 1 heterocycles. The average molecular weight is 510 g/mol. The van der Waals surface area contributed by atoms with Crippen molar-refractivity contribution in [3.63, 3.8) is 0 Å². The highest BCUT2D eigenvalue weighted by molar-refractivity contribution is 14.0. The molecule has 0 spiro atoms. The number of ether oxygens (including phenoxy) is 1. The number of para-hydroxylation sites is 2. The number of nitrogens with one attached hydrogen (secondary N) is 1. The zero-order valence-corrected chi connectivity index (χ0v) is 19.5. The summed E-state index contributed by atoms with van der Waals surface area (Å²) >= 11 is 0. The Balaban J connectivity index is 0.00000300. The quantitative estimate of drug-likeness (QED) is 0.353. The lowest BCUT2D eigenvalue weighted by Gasteiger charge is -2.37. The molecule has 1 aliphatic rings. The number of hydrogen-bond acceptors (Lipinski definition) is 4. The molecular formula is C22H31IN4O2. The second kappa shape index (κ2) is 11.7. The first-order valence-electron chi connectivity index (χ1n) is 9.91. The summed E-state index contributed by atoms with van der Waals surface area (Å²) in [6.45, 7) is 6.95. The van der Waals surface area contributed by atoms with E-state index < -0.39 is 0 Å². The molecule has 0 bridgehead atoms. The predicted octanol–water partition coefficient (Wildman–Crippen LogP) is 3.70. The Hall–Kier alpha value is -2.16. The lowest BCUT2D eigenvalue weighted by molar-refractivity contribution is 0.317. The SMILES string of the molecule is CCCOc1cccc(CNC(=NC)N2CCN(c3ccccc3O)CC2)c1.I. The first-order chi connectivity index (χ1) is 13.7. The van der Waals surface area contributed by atoms with Crippen LogP contribution in [0.1, 0.15) is 18.9 Å². The summed E-state index contributed by atoms with van der Waals surface area (Å²) in [5.74, 6) is 2.15. The maximum absolute atomic E-state index is 10.1. The molecule has 0 unspecified atom stereocenters. The van der Waals surface area contributed by atoms with Gasteiger partial charge in [-0.1, -0.05) is 31.2 Å². The summed E-state index contributed by atoms with van der Waals surface area (Å²) in [6, 6.07) is 15.7. The molecule has 0 aliphatic carbocycles. The summed E-state index contributed by atoms with van der Waals surface area (Å²) in [4.78, 5) is 8.92. The normalized spacial score (nSPS) is 14.3. The molecule has 0 radical (unpaired) electrons. The Morgan fingerprint density at radius 1 is 1.10 bits per heavy atom. The zero-order valence-electron chi connectivity index (χ0n) is 17.2. The van der Waals surface area contributed by atoms with Gasteiger partial charge in [0.25, 0.3) is 0 Å². The maximum Gasteiger partial charge on any atom is 0.194 e. The average Bonchev–Trinajstić information content (AvgIpc) is 2.74. The van der Waals surface area contributed by atoms with Crippen LogP contribution in [0.15, 0.2) is 53.5 Å². The molecule has 2 N–H and O–H groups in total. The lowest BCUT2D eigenvalue weighted by Crippen LogP contribution is -2.52. The van der Waals surface area contributed by atoms with Crippen molar-refractivity contribution in [1.29, 1.82) is 0 Å². The number of piperazine rings is 1. The van der Waals surface area contributed by atoms with E-state index in [2.05, 4.69) is 39.2 Å². The van der Waals surface area contributed by atoms with E-state index in [1.807, 2.05) is 37.4 Å². The molecule has 0 atom stereocenters. The van der Waals surface area contributed by atoms with E-state index in [1.165, 1.54) is 5.56 Å². The van der Waals surface area contributed by atoms with Gasteiger partial charge in [-0.3, -0.25) is 4.99 Å². The van der Waals surface area contributed by atoms with Gasteiger partial charge in [-0.15, -0.1) is 24.0 Å². The smallest absolute Gasteiger partial charge is 0.194 e. The van der Waals surface area contributed by atoms with E-state index in [0.29, 0.717) is 12.3 Å². The number of aromatic hydroxyl groups is 1. The van der Waals surface area contributed by atoms with Crippen molar-refractivity contribution in [3.8, 4) is 11.5 Å². The molecule has 158 valence electrons. The van der Waals surface area contributed by atoms with Crippen LogP contribution in [0.5, 0.6) is 11.5 Å². The van der Waals surface area contributed by atoms with E-state index in [9.17, 15) is 5.11 Å². The second-order valence-corrected chi connectivity index (χ2v) is 6.86. The number of phenols is 1. The van der Waals surface area contributed by atoms with Crippen molar-refractivity contribution in [2.45, 2.75) is 19.9 Å². The van der Waals surface area contributed by atoms with Crippen LogP contribution >= 0.6 is 24.0 Å². The fourth-order valence-corrected chi connectivity index (χ4v) is 3.37. The fourth-order valence-electron chi connectivity index (χ4n) is 3.37. The number of rotatable bonds is 6. The minimum absolute atomic E-state index is 0. The molecule has 29 heavy (non-hydrogen) atoms. The highest BCUT2D eigenvalue weighted by atomic mass is 127. The molecule has 2 aromatic carbocycles. The van der Waals surface area contributed by atoms with Crippen LogP contribution in [0.4, 0.5) is 5.69 Å². The molecule has 6 nitrogen and oxygen atoms in total. The zero-order chi connectivity index (χ0) is 19.8. The van der Waals surface area contributed by atoms with Crippen molar-refractivity contribution < 1.29 is 9.84 Å². The molecule has 0 aromatic heterocycles. The van der Waals surface area contributed by atoms with Gasteiger partial charge in [0.2, 0.25) is 0 Å². The number of guanidine groups is 1. The van der Waals surface area contributed by atoms with Gasteiger partial charge >= 0.3 is 0 Å². The van der Waals surface area contributed by atoms with Crippen molar-refractivity contribution in [2.75, 3.05) is 44.7 Å². The summed E-state index contributed by atoms with van der Waals surface area (Å²) in [5.41, 5.74) is 2.07. The van der Waals surface area contributed by atoms with E-state index in [1.54, 1.807) is 6.07 Å². The summed E-state index contributed by atoms with van der Waals surface area (Å²) in [6.07, 6.45) is 1.00. The molecular weight excluding hydrogens is 479 g/mol. The van der Waals surface area contributed by atoms with Crippen molar-refractivity contribution >= 4 is 35.6 Å². The first kappa shape index (κ1) is 23.1. The van der Waals surface area contributed by atoms with Crippen molar-refractivity contribution in [3.05, 3.63) is 54.1 Å². The molecule has 0 amide bonds. The number of benzene rings is 2. The summed E-state index contributed by atoms with van der Waals surface area (Å²) in [5, 5.41) is 13.5. The standard InChI is InChI=1S/C22H30N4O2.HI/c1-3-15-28-19-8-6-7-18(16-19)17-24-22(23-2)26-13-11-25(12-14-26)20-9-4-5-10-21(20)27;/h4-10,16,27H,3,11-15,17H2,1-2H3,(H,23,24);1H. The van der Waals surface area contributed by atoms with E-state index in [-0.39, 0.29) is 24.0 Å². The maximum atomic E-state index is 10.1. The van der Waals surface area contributed by atoms with E-state index in [0.717, 1.165) is 56.6 Å². The Bertz CT molecular complexity index is 792. The van der Waals surface area contributed by atoms with Crippen molar-refractivity contribution in [2.24, 2.45) is 4.99 Å². The number of halogens is 1. The van der Waals surface area contributed by atoms with Gasteiger partial charge in [0.15, 0.2) is 5.96 Å². The van der Waals surface area contributed by atoms with E-state index in [4.69, 9.17) is 4.74 Å². The number of phenolic OH excluding ortho intramolecular Hbond substituents is 1. The molecule has 7 heteroatoms. The van der Waals surface area contributed by atoms with Gasteiger partial charge in [0.05, 0.1) is 12.3 Å². The highest BCUT2D eigenvalue weighted by Gasteiger charge is 2.21. The molecule has 2 aromatic rings. The van der Waals surface area contributed by atoms with Crippen LogP contribution < -0.4 is 15.0 Å². The topological polar surface area (TPSA) is 60.3 Å². The summed E-state index contributed by atoms with van der Waals surface area (Å²) < 4.78 is 5.71. The van der Waals surface area contributed by atoms with Crippen LogP contribution in [0.25, 0.3) is 0 Å². The van der Waals surface area contributed by atoms with Crippen molar-refractivity contribution in [1.82, 2.24) is 10.2 Å². The number of nitrogens with zero attached hydrogens (tertiary/aromatic N) is 3.